The summed E-state index contributed by atoms with van der Waals surface area (Å²) in [6.07, 6.45) is 0.753. The van der Waals surface area contributed by atoms with Gasteiger partial charge in [0.15, 0.2) is 0 Å². The maximum atomic E-state index is 10.3. The molecule has 1 aliphatic heterocycles. The van der Waals surface area contributed by atoms with E-state index in [1.54, 1.807) is 0 Å². The van der Waals surface area contributed by atoms with Crippen molar-refractivity contribution in [2.24, 2.45) is 0 Å². The highest BCUT2D eigenvalue weighted by molar-refractivity contribution is 5.93. The van der Waals surface area contributed by atoms with Crippen LogP contribution in [0.2, 0.25) is 0 Å². The van der Waals surface area contributed by atoms with Gasteiger partial charge in [-0.15, -0.1) is 0 Å². The monoisotopic (exact) mass is 305 g/mol. The standard InChI is InChI=1S/C19H19N3O/c1-2-19(23)12-22(13-19)18-20-16-11-7-6-10-15(16)17(21-18)14-8-4-3-5-9-14/h3-11,23H,2,12-13H2,1H3. The quantitative estimate of drug-likeness (QED) is 0.807. The Morgan fingerprint density at radius 2 is 1.70 bits per heavy atom. The molecule has 0 aliphatic carbocycles. The normalized spacial score (nSPS) is 16.3. The molecule has 0 bridgehead atoms. The molecule has 0 radical (unpaired) electrons. The molecule has 1 aromatic heterocycles. The van der Waals surface area contributed by atoms with Crippen molar-refractivity contribution >= 4 is 16.9 Å². The molecule has 3 aromatic rings. The molecule has 4 heteroatoms. The summed E-state index contributed by atoms with van der Waals surface area (Å²) in [6.45, 7) is 3.19. The molecule has 0 spiro atoms. The largest absolute Gasteiger partial charge is 0.386 e. The van der Waals surface area contributed by atoms with E-state index in [1.807, 2.05) is 48.2 Å². The summed E-state index contributed by atoms with van der Waals surface area (Å²) in [5.41, 5.74) is 2.36. The number of hydrogen-bond donors (Lipinski definition) is 1. The van der Waals surface area contributed by atoms with Gasteiger partial charge in [0, 0.05) is 10.9 Å². The third kappa shape index (κ3) is 2.45. The minimum Gasteiger partial charge on any atom is -0.386 e. The number of para-hydroxylation sites is 1. The molecular weight excluding hydrogens is 286 g/mol. The van der Waals surface area contributed by atoms with Gasteiger partial charge in [-0.25, -0.2) is 9.97 Å². The van der Waals surface area contributed by atoms with E-state index in [4.69, 9.17) is 4.98 Å². The molecule has 4 rings (SSSR count). The molecule has 1 N–H and O–H groups in total. The van der Waals surface area contributed by atoms with Crippen LogP contribution in [0.3, 0.4) is 0 Å². The smallest absolute Gasteiger partial charge is 0.226 e. The maximum Gasteiger partial charge on any atom is 0.226 e. The van der Waals surface area contributed by atoms with Gasteiger partial charge in [0.1, 0.15) is 0 Å². The number of β-amino-alcohol motifs (C(OH)–C–C–N with tert-alkyl or cyclic N) is 1. The Morgan fingerprint density at radius 3 is 2.43 bits per heavy atom. The first-order chi connectivity index (χ1) is 11.2. The lowest BCUT2D eigenvalue weighted by molar-refractivity contribution is 0.00761. The third-order valence-corrected chi connectivity index (χ3v) is 4.55. The summed E-state index contributed by atoms with van der Waals surface area (Å²) in [7, 11) is 0. The first-order valence-corrected chi connectivity index (χ1v) is 7.98. The van der Waals surface area contributed by atoms with E-state index in [0.717, 1.165) is 28.6 Å². The maximum absolute atomic E-state index is 10.3. The lowest BCUT2D eigenvalue weighted by Gasteiger charge is -2.46. The molecule has 116 valence electrons. The second-order valence-corrected chi connectivity index (χ2v) is 6.19. The summed E-state index contributed by atoms with van der Waals surface area (Å²) in [6, 6.07) is 18.2. The number of fused-ring (bicyclic) bond motifs is 1. The SMILES string of the molecule is CCC1(O)CN(c2nc(-c3ccccc3)c3ccccc3n2)C1. The van der Waals surface area contributed by atoms with E-state index >= 15 is 0 Å². The average Bonchev–Trinajstić information content (AvgIpc) is 2.58. The molecule has 2 aromatic carbocycles. The lowest BCUT2D eigenvalue weighted by Crippen LogP contribution is -2.62. The molecule has 1 aliphatic rings. The average molecular weight is 305 g/mol. The summed E-state index contributed by atoms with van der Waals surface area (Å²) in [5.74, 6) is 0.695. The van der Waals surface area contributed by atoms with E-state index in [0.29, 0.717) is 19.0 Å². The zero-order valence-electron chi connectivity index (χ0n) is 13.1. The van der Waals surface area contributed by atoms with Crippen molar-refractivity contribution in [3.63, 3.8) is 0 Å². The number of hydrogen-bond acceptors (Lipinski definition) is 4. The van der Waals surface area contributed by atoms with Gasteiger partial charge < -0.3 is 10.0 Å². The van der Waals surface area contributed by atoms with E-state index < -0.39 is 5.60 Å². The minimum absolute atomic E-state index is 0.593. The van der Waals surface area contributed by atoms with Gasteiger partial charge in [0.05, 0.1) is 29.9 Å². The zero-order chi connectivity index (χ0) is 15.9. The first kappa shape index (κ1) is 14.2. The Hall–Kier alpha value is -2.46. The van der Waals surface area contributed by atoms with Gasteiger partial charge >= 0.3 is 0 Å². The fourth-order valence-electron chi connectivity index (χ4n) is 3.05. The molecule has 1 fully saturated rings. The fourth-order valence-corrected chi connectivity index (χ4v) is 3.05. The van der Waals surface area contributed by atoms with Crippen LogP contribution in [0.15, 0.2) is 54.6 Å². The van der Waals surface area contributed by atoms with Gasteiger partial charge in [-0.3, -0.25) is 0 Å². The molecule has 0 saturated carbocycles. The first-order valence-electron chi connectivity index (χ1n) is 7.98. The van der Waals surface area contributed by atoms with E-state index in [1.165, 1.54) is 0 Å². The highest BCUT2D eigenvalue weighted by Gasteiger charge is 2.41. The van der Waals surface area contributed by atoms with Gasteiger partial charge in [-0.05, 0) is 12.5 Å². The number of rotatable bonds is 3. The highest BCUT2D eigenvalue weighted by atomic mass is 16.3. The Labute approximate surface area is 135 Å². The van der Waals surface area contributed by atoms with Crippen LogP contribution >= 0.6 is 0 Å². The van der Waals surface area contributed by atoms with Crippen LogP contribution in [0, 0.1) is 0 Å². The van der Waals surface area contributed by atoms with Crippen molar-refractivity contribution in [1.29, 1.82) is 0 Å². The number of anilines is 1. The van der Waals surface area contributed by atoms with Crippen LogP contribution in [0.5, 0.6) is 0 Å². The number of aliphatic hydroxyl groups is 1. The second-order valence-electron chi connectivity index (χ2n) is 6.19. The van der Waals surface area contributed by atoms with Crippen molar-refractivity contribution < 1.29 is 5.11 Å². The molecule has 4 nitrogen and oxygen atoms in total. The van der Waals surface area contributed by atoms with Gasteiger partial charge in [-0.1, -0.05) is 55.5 Å². The molecule has 0 unspecified atom stereocenters. The molecule has 2 heterocycles. The molecule has 0 atom stereocenters. The van der Waals surface area contributed by atoms with Crippen LogP contribution in [0.1, 0.15) is 13.3 Å². The van der Waals surface area contributed by atoms with Gasteiger partial charge in [-0.2, -0.15) is 0 Å². The van der Waals surface area contributed by atoms with Gasteiger partial charge in [0.25, 0.3) is 0 Å². The van der Waals surface area contributed by atoms with Crippen LogP contribution < -0.4 is 4.90 Å². The van der Waals surface area contributed by atoms with Crippen molar-refractivity contribution in [2.75, 3.05) is 18.0 Å². The molecular formula is C19H19N3O. The molecule has 0 amide bonds. The molecule has 1 saturated heterocycles. The molecule has 23 heavy (non-hydrogen) atoms. The predicted molar refractivity (Wildman–Crippen MR) is 92.4 cm³/mol. The van der Waals surface area contributed by atoms with Crippen molar-refractivity contribution in [3.05, 3.63) is 54.6 Å². The highest BCUT2D eigenvalue weighted by Crippen LogP contribution is 2.32. The van der Waals surface area contributed by atoms with Crippen LogP contribution in [0.4, 0.5) is 5.95 Å². The van der Waals surface area contributed by atoms with E-state index in [9.17, 15) is 5.11 Å². The number of aromatic nitrogens is 2. The zero-order valence-corrected chi connectivity index (χ0v) is 13.1. The van der Waals surface area contributed by atoms with Crippen LogP contribution in [-0.4, -0.2) is 33.8 Å². The van der Waals surface area contributed by atoms with Crippen LogP contribution in [-0.2, 0) is 0 Å². The fraction of sp³-hybridized carbons (Fsp3) is 0.263. The topological polar surface area (TPSA) is 49.2 Å². The van der Waals surface area contributed by atoms with Crippen LogP contribution in [0.25, 0.3) is 22.2 Å². The van der Waals surface area contributed by atoms with E-state index in [-0.39, 0.29) is 0 Å². The Morgan fingerprint density at radius 1 is 1.00 bits per heavy atom. The number of nitrogens with zero attached hydrogens (tertiary/aromatic N) is 3. The Bertz CT molecular complexity index is 842. The Balaban J connectivity index is 1.82. The summed E-state index contributed by atoms with van der Waals surface area (Å²) in [5, 5.41) is 11.3. The van der Waals surface area contributed by atoms with Gasteiger partial charge in [0.2, 0.25) is 5.95 Å². The van der Waals surface area contributed by atoms with Crippen molar-refractivity contribution in [2.45, 2.75) is 18.9 Å². The summed E-state index contributed by atoms with van der Waals surface area (Å²) >= 11 is 0. The third-order valence-electron chi connectivity index (χ3n) is 4.55. The van der Waals surface area contributed by atoms with E-state index in [2.05, 4.69) is 23.2 Å². The predicted octanol–water partition coefficient (Wildman–Crippen LogP) is 3.26. The summed E-state index contributed by atoms with van der Waals surface area (Å²) < 4.78 is 0. The van der Waals surface area contributed by atoms with Crippen molar-refractivity contribution in [3.8, 4) is 11.3 Å². The second kappa shape index (κ2) is 5.32. The van der Waals surface area contributed by atoms with Crippen molar-refractivity contribution in [1.82, 2.24) is 9.97 Å². The Kier molecular flexibility index (Phi) is 3.27. The summed E-state index contributed by atoms with van der Waals surface area (Å²) in [4.78, 5) is 11.5. The number of benzene rings is 2. The minimum atomic E-state index is -0.595. The lowest BCUT2D eigenvalue weighted by atomic mass is 9.92.